The number of hydrogen-bond donors (Lipinski definition) is 2. The Morgan fingerprint density at radius 3 is 2.63 bits per heavy atom. The van der Waals surface area contributed by atoms with Crippen LogP contribution < -0.4 is 11.1 Å². The summed E-state index contributed by atoms with van der Waals surface area (Å²) < 4.78 is 37.4. The summed E-state index contributed by atoms with van der Waals surface area (Å²) >= 11 is 0. The van der Waals surface area contributed by atoms with Crippen LogP contribution in [0, 0.1) is 11.3 Å². The quantitative estimate of drug-likeness (QED) is 0.806. The molecular weight excluding hydrogens is 259 g/mol. The number of hydrogen-bond acceptors (Lipinski definition) is 3. The second-order valence-electron chi connectivity index (χ2n) is 3.87. The van der Waals surface area contributed by atoms with E-state index in [1.807, 2.05) is 0 Å². The van der Waals surface area contributed by atoms with Crippen molar-refractivity contribution in [2.45, 2.75) is 19.0 Å². The minimum absolute atomic E-state index is 0.0890. The van der Waals surface area contributed by atoms with Crippen molar-refractivity contribution in [1.29, 1.82) is 5.26 Å². The highest BCUT2D eigenvalue weighted by Gasteiger charge is 2.30. The molecule has 102 valence electrons. The molecule has 3 N–H and O–H groups in total. The van der Waals surface area contributed by atoms with E-state index in [0.717, 1.165) is 12.1 Å². The van der Waals surface area contributed by atoms with Gasteiger partial charge in [0.15, 0.2) is 0 Å². The van der Waals surface area contributed by atoms with Gasteiger partial charge in [-0.2, -0.15) is 18.4 Å². The van der Waals surface area contributed by atoms with E-state index in [2.05, 4.69) is 5.32 Å². The molecule has 1 amide bonds. The topological polar surface area (TPSA) is 78.9 Å². The molecule has 19 heavy (non-hydrogen) atoms. The molecule has 0 atom stereocenters. The smallest absolute Gasteiger partial charge is 0.384 e. The van der Waals surface area contributed by atoms with Gasteiger partial charge in [0.1, 0.15) is 6.07 Å². The minimum atomic E-state index is -4.48. The fraction of sp³-hybridized carbons (Fsp3) is 0.333. The van der Waals surface area contributed by atoms with E-state index >= 15 is 0 Å². The number of nitriles is 1. The SMILES string of the molecule is N#Cc1cc(C(F)(F)F)ccc1NCCCC(N)=O. The second kappa shape index (κ2) is 6.09. The van der Waals surface area contributed by atoms with E-state index in [1.165, 1.54) is 6.07 Å². The molecule has 0 saturated carbocycles. The summed E-state index contributed by atoms with van der Waals surface area (Å²) in [5, 5.41) is 11.6. The highest BCUT2D eigenvalue weighted by molar-refractivity contribution is 5.73. The first-order valence-corrected chi connectivity index (χ1v) is 5.48. The maximum atomic E-state index is 12.5. The number of amides is 1. The van der Waals surface area contributed by atoms with E-state index < -0.39 is 17.6 Å². The largest absolute Gasteiger partial charge is 0.416 e. The first-order valence-electron chi connectivity index (χ1n) is 5.48. The third-order valence-electron chi connectivity index (χ3n) is 2.38. The lowest BCUT2D eigenvalue weighted by atomic mass is 10.1. The van der Waals surface area contributed by atoms with Crippen molar-refractivity contribution < 1.29 is 18.0 Å². The zero-order valence-corrected chi connectivity index (χ0v) is 9.92. The van der Waals surface area contributed by atoms with E-state index in [1.54, 1.807) is 6.07 Å². The molecule has 0 fully saturated rings. The Balaban J connectivity index is 2.75. The van der Waals surface area contributed by atoms with Crippen LogP contribution >= 0.6 is 0 Å². The van der Waals surface area contributed by atoms with Gasteiger partial charge in [-0.05, 0) is 24.6 Å². The van der Waals surface area contributed by atoms with Crippen LogP contribution in [0.4, 0.5) is 18.9 Å². The lowest BCUT2D eigenvalue weighted by Crippen LogP contribution is -2.13. The number of benzene rings is 1. The highest BCUT2D eigenvalue weighted by Crippen LogP contribution is 2.31. The molecule has 0 unspecified atom stereocenters. The number of anilines is 1. The van der Waals surface area contributed by atoms with Crippen LogP contribution in [-0.4, -0.2) is 12.5 Å². The predicted octanol–water partition coefficient (Wildman–Crippen LogP) is 2.25. The van der Waals surface area contributed by atoms with E-state index in [9.17, 15) is 18.0 Å². The lowest BCUT2D eigenvalue weighted by molar-refractivity contribution is -0.137. The van der Waals surface area contributed by atoms with Gasteiger partial charge in [-0.1, -0.05) is 0 Å². The summed E-state index contributed by atoms with van der Waals surface area (Å²) in [5.74, 6) is -0.449. The number of primary amides is 1. The van der Waals surface area contributed by atoms with Gasteiger partial charge < -0.3 is 11.1 Å². The summed E-state index contributed by atoms with van der Waals surface area (Å²) in [6.45, 7) is 0.350. The summed E-state index contributed by atoms with van der Waals surface area (Å²) in [5.41, 5.74) is 4.30. The van der Waals surface area contributed by atoms with E-state index in [4.69, 9.17) is 11.0 Å². The second-order valence-corrected chi connectivity index (χ2v) is 3.87. The van der Waals surface area contributed by atoms with Crippen LogP contribution in [-0.2, 0) is 11.0 Å². The number of rotatable bonds is 5. The Kier molecular flexibility index (Phi) is 4.75. The molecule has 1 rings (SSSR count). The van der Waals surface area contributed by atoms with Crippen molar-refractivity contribution in [2.24, 2.45) is 5.73 Å². The molecule has 0 aromatic heterocycles. The fourth-order valence-electron chi connectivity index (χ4n) is 1.45. The number of halogens is 3. The summed E-state index contributed by atoms with van der Waals surface area (Å²) in [4.78, 5) is 10.5. The molecule has 7 heteroatoms. The van der Waals surface area contributed by atoms with Gasteiger partial charge in [0.2, 0.25) is 5.91 Å². The predicted molar refractivity (Wildman–Crippen MR) is 63.1 cm³/mol. The van der Waals surface area contributed by atoms with Crippen LogP contribution in [0.15, 0.2) is 18.2 Å². The van der Waals surface area contributed by atoms with Crippen molar-refractivity contribution in [2.75, 3.05) is 11.9 Å². The molecule has 1 aromatic rings. The van der Waals surface area contributed by atoms with Gasteiger partial charge >= 0.3 is 6.18 Å². The Bertz CT molecular complexity index is 506. The van der Waals surface area contributed by atoms with E-state index in [0.29, 0.717) is 18.7 Å². The number of carbonyl (C=O) groups excluding carboxylic acids is 1. The summed E-state index contributed by atoms with van der Waals surface area (Å²) in [6.07, 6.45) is -3.85. The number of nitrogens with two attached hydrogens (primary N) is 1. The van der Waals surface area contributed by atoms with Crippen molar-refractivity contribution in [3.63, 3.8) is 0 Å². The van der Waals surface area contributed by atoms with Crippen LogP contribution in [0.2, 0.25) is 0 Å². The summed E-state index contributed by atoms with van der Waals surface area (Å²) in [7, 11) is 0. The molecule has 0 aliphatic rings. The van der Waals surface area contributed by atoms with Gasteiger partial charge in [0.25, 0.3) is 0 Å². The van der Waals surface area contributed by atoms with Crippen LogP contribution in [0.5, 0.6) is 0 Å². The van der Waals surface area contributed by atoms with Gasteiger partial charge in [0, 0.05) is 13.0 Å². The Hall–Kier alpha value is -2.23. The van der Waals surface area contributed by atoms with Gasteiger partial charge in [0.05, 0.1) is 16.8 Å². The van der Waals surface area contributed by atoms with Gasteiger partial charge in [-0.3, -0.25) is 4.79 Å². The Morgan fingerprint density at radius 2 is 2.11 bits per heavy atom. The van der Waals surface area contributed by atoms with Crippen molar-refractivity contribution in [3.05, 3.63) is 29.3 Å². The van der Waals surface area contributed by atoms with Crippen molar-refractivity contribution in [1.82, 2.24) is 0 Å². The molecule has 4 nitrogen and oxygen atoms in total. The van der Waals surface area contributed by atoms with E-state index in [-0.39, 0.29) is 12.0 Å². The molecular formula is C12H12F3N3O. The summed E-state index contributed by atoms with van der Waals surface area (Å²) in [6, 6.07) is 4.59. The first kappa shape index (κ1) is 14.8. The van der Waals surface area contributed by atoms with Crippen molar-refractivity contribution >= 4 is 11.6 Å². The van der Waals surface area contributed by atoms with Crippen LogP contribution in [0.25, 0.3) is 0 Å². The number of carbonyl (C=O) groups is 1. The molecule has 0 radical (unpaired) electrons. The average Bonchev–Trinajstić information content (AvgIpc) is 2.33. The maximum absolute atomic E-state index is 12.5. The zero-order valence-electron chi connectivity index (χ0n) is 9.92. The first-order chi connectivity index (χ1) is 8.84. The number of alkyl halides is 3. The monoisotopic (exact) mass is 271 g/mol. The van der Waals surface area contributed by atoms with Gasteiger partial charge in [-0.15, -0.1) is 0 Å². The third-order valence-corrected chi connectivity index (χ3v) is 2.38. The van der Waals surface area contributed by atoms with Crippen molar-refractivity contribution in [3.8, 4) is 6.07 Å². The number of nitrogens with zero attached hydrogens (tertiary/aromatic N) is 1. The minimum Gasteiger partial charge on any atom is -0.384 e. The molecule has 0 spiro atoms. The molecule has 1 aromatic carbocycles. The molecule has 0 aliphatic carbocycles. The molecule has 0 aliphatic heterocycles. The maximum Gasteiger partial charge on any atom is 0.416 e. The fourth-order valence-corrected chi connectivity index (χ4v) is 1.45. The average molecular weight is 271 g/mol. The Morgan fingerprint density at radius 1 is 1.42 bits per heavy atom. The van der Waals surface area contributed by atoms with Crippen LogP contribution in [0.1, 0.15) is 24.0 Å². The third kappa shape index (κ3) is 4.50. The molecule has 0 heterocycles. The number of nitrogens with one attached hydrogen (secondary N) is 1. The lowest BCUT2D eigenvalue weighted by Gasteiger charge is -2.11. The van der Waals surface area contributed by atoms with Crippen LogP contribution in [0.3, 0.4) is 0 Å². The normalized spacial score (nSPS) is 10.8. The molecule has 0 bridgehead atoms. The van der Waals surface area contributed by atoms with Gasteiger partial charge in [-0.25, -0.2) is 0 Å². The zero-order chi connectivity index (χ0) is 14.5. The highest BCUT2D eigenvalue weighted by atomic mass is 19.4. The Labute approximate surface area is 108 Å². The standard InChI is InChI=1S/C12H12F3N3O/c13-12(14,15)9-3-4-10(8(6-9)7-16)18-5-1-2-11(17)19/h3-4,6,18H,1-2,5H2,(H2,17,19). The molecule has 0 saturated heterocycles.